The van der Waals surface area contributed by atoms with E-state index in [4.69, 9.17) is 9.15 Å². The molecule has 0 bridgehead atoms. The second kappa shape index (κ2) is 8.52. The van der Waals surface area contributed by atoms with Crippen molar-refractivity contribution in [2.45, 2.75) is 19.6 Å². The Morgan fingerprint density at radius 2 is 1.85 bits per heavy atom. The number of rotatable bonds is 7. The first-order valence-corrected chi connectivity index (χ1v) is 7.61. The quantitative estimate of drug-likeness (QED) is 0.785. The summed E-state index contributed by atoms with van der Waals surface area (Å²) in [6.07, 6.45) is -4.50. The lowest BCUT2D eigenvalue weighted by Crippen LogP contribution is -2.29. The number of ether oxygens (including phenoxy) is 1. The van der Waals surface area contributed by atoms with Crippen LogP contribution in [0.4, 0.5) is 18.9 Å². The first kappa shape index (κ1) is 19.5. The van der Waals surface area contributed by atoms with Gasteiger partial charge in [-0.15, -0.1) is 0 Å². The molecule has 2 aromatic rings. The number of halogens is 3. The maximum atomic E-state index is 12.6. The summed E-state index contributed by atoms with van der Waals surface area (Å²) >= 11 is 0. The van der Waals surface area contributed by atoms with Gasteiger partial charge in [0.25, 0.3) is 0 Å². The summed E-state index contributed by atoms with van der Waals surface area (Å²) < 4.78 is 48.0. The van der Waals surface area contributed by atoms with Crippen molar-refractivity contribution in [2.24, 2.45) is 0 Å². The second-order valence-electron chi connectivity index (χ2n) is 5.41. The number of carbonyl (C=O) groups is 2. The molecule has 2 amide bonds. The minimum atomic E-state index is -4.50. The van der Waals surface area contributed by atoms with Crippen molar-refractivity contribution in [3.8, 4) is 0 Å². The summed E-state index contributed by atoms with van der Waals surface area (Å²) in [6, 6.07) is 7.70. The van der Waals surface area contributed by atoms with E-state index in [9.17, 15) is 22.8 Å². The molecule has 0 saturated heterocycles. The van der Waals surface area contributed by atoms with Crippen LogP contribution in [-0.2, 0) is 27.0 Å². The predicted octanol–water partition coefficient (Wildman–Crippen LogP) is 2.88. The third-order valence-corrected chi connectivity index (χ3v) is 3.20. The smallest absolute Gasteiger partial charge is 0.416 e. The third kappa shape index (κ3) is 6.25. The van der Waals surface area contributed by atoms with E-state index in [2.05, 4.69) is 10.6 Å². The van der Waals surface area contributed by atoms with Crippen LogP contribution in [0, 0.1) is 6.92 Å². The number of hydrogen-bond donors (Lipinski definition) is 2. The van der Waals surface area contributed by atoms with Gasteiger partial charge >= 0.3 is 6.18 Å². The molecule has 0 aliphatic heterocycles. The average molecular weight is 370 g/mol. The molecule has 9 heteroatoms. The molecule has 140 valence electrons. The minimum absolute atomic E-state index is 0.00827. The number of aryl methyl sites for hydroxylation is 1. The molecular formula is C17H17F3N2O4. The summed E-state index contributed by atoms with van der Waals surface area (Å²) in [7, 11) is 0. The van der Waals surface area contributed by atoms with E-state index >= 15 is 0 Å². The maximum Gasteiger partial charge on any atom is 0.416 e. The van der Waals surface area contributed by atoms with Gasteiger partial charge in [0.05, 0.1) is 12.1 Å². The van der Waals surface area contributed by atoms with Gasteiger partial charge < -0.3 is 19.8 Å². The molecule has 6 nitrogen and oxygen atoms in total. The van der Waals surface area contributed by atoms with Gasteiger partial charge in [-0.05, 0) is 37.3 Å². The van der Waals surface area contributed by atoms with Gasteiger partial charge in [-0.2, -0.15) is 13.2 Å². The molecule has 2 N–H and O–H groups in total. The summed E-state index contributed by atoms with van der Waals surface area (Å²) in [5.74, 6) is 0.180. The Morgan fingerprint density at radius 3 is 2.50 bits per heavy atom. The fourth-order valence-electron chi connectivity index (χ4n) is 2.02. The third-order valence-electron chi connectivity index (χ3n) is 3.20. The molecule has 1 heterocycles. The van der Waals surface area contributed by atoms with Crippen molar-refractivity contribution >= 4 is 17.5 Å². The SMILES string of the molecule is Cc1ccc(CNC(=O)COCC(=O)Nc2cccc(C(F)(F)F)c2)o1. The molecule has 0 aliphatic rings. The summed E-state index contributed by atoms with van der Waals surface area (Å²) in [5, 5.41) is 4.82. The van der Waals surface area contributed by atoms with Crippen LogP contribution in [0.3, 0.4) is 0 Å². The van der Waals surface area contributed by atoms with Gasteiger partial charge in [-0.3, -0.25) is 9.59 Å². The number of benzene rings is 1. The van der Waals surface area contributed by atoms with Crippen LogP contribution < -0.4 is 10.6 Å². The summed E-state index contributed by atoms with van der Waals surface area (Å²) in [4.78, 5) is 23.3. The van der Waals surface area contributed by atoms with Crippen LogP contribution in [0.2, 0.25) is 0 Å². The molecule has 1 aromatic heterocycles. The van der Waals surface area contributed by atoms with Crippen molar-refractivity contribution in [3.63, 3.8) is 0 Å². The summed E-state index contributed by atoms with van der Waals surface area (Å²) in [5.41, 5.74) is -0.880. The van der Waals surface area contributed by atoms with Crippen LogP contribution in [0.25, 0.3) is 0 Å². The van der Waals surface area contributed by atoms with Gasteiger partial charge in [-0.25, -0.2) is 0 Å². The standard InChI is InChI=1S/C17H17F3N2O4/c1-11-5-6-14(26-11)8-21-15(23)9-25-10-16(24)22-13-4-2-3-12(7-13)17(18,19)20/h2-7H,8-10H2,1H3,(H,21,23)(H,22,24). The lowest BCUT2D eigenvalue weighted by Gasteiger charge is -2.10. The highest BCUT2D eigenvalue weighted by Gasteiger charge is 2.30. The van der Waals surface area contributed by atoms with Crippen molar-refractivity contribution in [1.29, 1.82) is 0 Å². The number of amides is 2. The van der Waals surface area contributed by atoms with E-state index in [0.717, 1.165) is 17.9 Å². The Labute approximate surface area is 147 Å². The fourth-order valence-corrected chi connectivity index (χ4v) is 2.02. The van der Waals surface area contributed by atoms with E-state index in [1.807, 2.05) is 0 Å². The number of anilines is 1. The average Bonchev–Trinajstić information content (AvgIpc) is 2.98. The fraction of sp³-hybridized carbons (Fsp3) is 0.294. The van der Waals surface area contributed by atoms with Gasteiger partial charge in [0.15, 0.2) is 0 Å². The Hall–Kier alpha value is -2.81. The molecule has 0 radical (unpaired) electrons. The molecule has 0 aliphatic carbocycles. The predicted molar refractivity (Wildman–Crippen MR) is 86.2 cm³/mol. The molecule has 0 saturated carbocycles. The Morgan fingerprint density at radius 1 is 1.12 bits per heavy atom. The number of nitrogens with one attached hydrogen (secondary N) is 2. The number of alkyl halides is 3. The highest BCUT2D eigenvalue weighted by atomic mass is 19.4. The van der Waals surface area contributed by atoms with Crippen LogP contribution in [-0.4, -0.2) is 25.0 Å². The largest absolute Gasteiger partial charge is 0.465 e. The first-order valence-electron chi connectivity index (χ1n) is 7.61. The van der Waals surface area contributed by atoms with Crippen LogP contribution in [0.15, 0.2) is 40.8 Å². The molecule has 0 spiro atoms. The van der Waals surface area contributed by atoms with Crippen molar-refractivity contribution < 1.29 is 31.9 Å². The van der Waals surface area contributed by atoms with Crippen LogP contribution in [0.1, 0.15) is 17.1 Å². The van der Waals surface area contributed by atoms with E-state index < -0.39 is 30.2 Å². The van der Waals surface area contributed by atoms with Gasteiger partial charge in [-0.1, -0.05) is 6.07 Å². The molecule has 1 aromatic carbocycles. The van der Waals surface area contributed by atoms with Crippen LogP contribution >= 0.6 is 0 Å². The number of furan rings is 1. The molecule has 0 fully saturated rings. The molecule has 2 rings (SSSR count). The van der Waals surface area contributed by atoms with Crippen molar-refractivity contribution in [3.05, 3.63) is 53.5 Å². The lowest BCUT2D eigenvalue weighted by atomic mass is 10.2. The van der Waals surface area contributed by atoms with E-state index in [1.165, 1.54) is 12.1 Å². The van der Waals surface area contributed by atoms with E-state index in [-0.39, 0.29) is 18.8 Å². The Bertz CT molecular complexity index is 771. The Kier molecular flexibility index (Phi) is 6.40. The monoisotopic (exact) mass is 370 g/mol. The van der Waals surface area contributed by atoms with Gasteiger partial charge in [0.1, 0.15) is 24.7 Å². The van der Waals surface area contributed by atoms with Crippen LogP contribution in [0.5, 0.6) is 0 Å². The van der Waals surface area contributed by atoms with Gasteiger partial charge in [0.2, 0.25) is 11.8 Å². The molecule has 0 atom stereocenters. The molecule has 26 heavy (non-hydrogen) atoms. The second-order valence-corrected chi connectivity index (χ2v) is 5.41. The van der Waals surface area contributed by atoms with E-state index in [1.54, 1.807) is 19.1 Å². The Balaban J connectivity index is 1.71. The van der Waals surface area contributed by atoms with Gasteiger partial charge in [0, 0.05) is 5.69 Å². The molecular weight excluding hydrogens is 353 g/mol. The lowest BCUT2D eigenvalue weighted by molar-refractivity contribution is -0.137. The highest BCUT2D eigenvalue weighted by molar-refractivity contribution is 5.92. The number of carbonyl (C=O) groups excluding carboxylic acids is 2. The van der Waals surface area contributed by atoms with E-state index in [0.29, 0.717) is 5.76 Å². The number of hydrogen-bond acceptors (Lipinski definition) is 4. The zero-order chi connectivity index (χ0) is 19.2. The first-order chi connectivity index (χ1) is 12.2. The normalized spacial score (nSPS) is 11.2. The minimum Gasteiger partial charge on any atom is -0.465 e. The zero-order valence-corrected chi connectivity index (χ0v) is 13.9. The summed E-state index contributed by atoms with van der Waals surface area (Å²) in [6.45, 7) is 1.13. The topological polar surface area (TPSA) is 80.6 Å². The van der Waals surface area contributed by atoms with Crippen molar-refractivity contribution in [1.82, 2.24) is 5.32 Å². The maximum absolute atomic E-state index is 12.6. The van der Waals surface area contributed by atoms with Crippen molar-refractivity contribution in [2.75, 3.05) is 18.5 Å². The zero-order valence-electron chi connectivity index (χ0n) is 13.9. The molecule has 0 unspecified atom stereocenters. The highest BCUT2D eigenvalue weighted by Crippen LogP contribution is 2.30.